The highest BCUT2D eigenvalue weighted by atomic mass is 14.1. The Balaban J connectivity index is 1.70. The van der Waals surface area contributed by atoms with Crippen molar-refractivity contribution < 1.29 is 0 Å². The summed E-state index contributed by atoms with van der Waals surface area (Å²) in [5.41, 5.74) is 10.6. The Morgan fingerprint density at radius 1 is 0.444 bits per heavy atom. The predicted molar refractivity (Wildman–Crippen MR) is 116 cm³/mol. The van der Waals surface area contributed by atoms with E-state index in [1.165, 1.54) is 44.5 Å². The lowest BCUT2D eigenvalue weighted by Crippen LogP contribution is -1.96. The van der Waals surface area contributed by atoms with E-state index in [1.54, 1.807) is 0 Å². The maximum atomic E-state index is 2.35. The van der Waals surface area contributed by atoms with Gasteiger partial charge in [-0.15, -0.1) is 0 Å². The van der Waals surface area contributed by atoms with Crippen LogP contribution in [0.25, 0.3) is 22.3 Å². The fraction of sp³-hybridized carbons (Fsp3) is 0.111. The van der Waals surface area contributed by atoms with Crippen molar-refractivity contribution in [3.05, 3.63) is 119 Å². The summed E-state index contributed by atoms with van der Waals surface area (Å²) in [6.07, 6.45) is 0.957. The maximum Gasteiger partial charge on any atom is -0.00201 e. The van der Waals surface area contributed by atoms with Crippen LogP contribution in [0, 0.1) is 13.8 Å². The fourth-order valence-corrected chi connectivity index (χ4v) is 3.55. The van der Waals surface area contributed by atoms with Crippen molar-refractivity contribution in [2.75, 3.05) is 0 Å². The molecule has 0 aliphatic heterocycles. The molecule has 4 rings (SSSR count). The van der Waals surface area contributed by atoms with E-state index in [1.807, 2.05) is 0 Å². The third kappa shape index (κ3) is 3.85. The molecule has 0 saturated heterocycles. The quantitative estimate of drug-likeness (QED) is 0.365. The van der Waals surface area contributed by atoms with E-state index in [2.05, 4.69) is 111 Å². The van der Waals surface area contributed by atoms with Gasteiger partial charge in [-0.1, -0.05) is 97.1 Å². The minimum absolute atomic E-state index is 0.957. The minimum Gasteiger partial charge on any atom is -0.0622 e. The number of hydrogen-bond acceptors (Lipinski definition) is 0. The number of benzene rings is 4. The molecule has 0 aromatic heterocycles. The van der Waals surface area contributed by atoms with Gasteiger partial charge in [0.2, 0.25) is 0 Å². The molecule has 0 N–H and O–H groups in total. The fourth-order valence-electron chi connectivity index (χ4n) is 3.55. The lowest BCUT2D eigenvalue weighted by Gasteiger charge is -2.13. The van der Waals surface area contributed by atoms with Crippen LogP contribution in [0.3, 0.4) is 0 Å². The van der Waals surface area contributed by atoms with Gasteiger partial charge in [-0.2, -0.15) is 0 Å². The molecule has 0 amide bonds. The molecule has 0 fully saturated rings. The third-order valence-electron chi connectivity index (χ3n) is 5.29. The molecule has 0 heteroatoms. The van der Waals surface area contributed by atoms with E-state index < -0.39 is 0 Å². The van der Waals surface area contributed by atoms with Gasteiger partial charge in [0.05, 0.1) is 0 Å². The summed E-state index contributed by atoms with van der Waals surface area (Å²) in [6, 6.07) is 34.9. The largest absolute Gasteiger partial charge is 0.0622 e. The van der Waals surface area contributed by atoms with Crippen LogP contribution in [0.5, 0.6) is 0 Å². The first-order chi connectivity index (χ1) is 13.2. The van der Waals surface area contributed by atoms with Crippen molar-refractivity contribution in [2.24, 2.45) is 0 Å². The average Bonchev–Trinajstić information content (AvgIpc) is 2.72. The zero-order valence-electron chi connectivity index (χ0n) is 15.9. The van der Waals surface area contributed by atoms with Gasteiger partial charge in [-0.3, -0.25) is 0 Å². The second-order valence-electron chi connectivity index (χ2n) is 7.19. The minimum atomic E-state index is 0.957. The summed E-state index contributed by atoms with van der Waals surface area (Å²) in [4.78, 5) is 0. The van der Waals surface area contributed by atoms with Gasteiger partial charge in [0, 0.05) is 0 Å². The van der Waals surface area contributed by atoms with E-state index in [0.717, 1.165) is 6.42 Å². The van der Waals surface area contributed by atoms with Crippen molar-refractivity contribution in [3.63, 3.8) is 0 Å². The van der Waals surface area contributed by atoms with Crippen LogP contribution >= 0.6 is 0 Å². The van der Waals surface area contributed by atoms with Crippen LogP contribution in [0.4, 0.5) is 0 Å². The molecule has 0 nitrogen and oxygen atoms in total. The molecule has 27 heavy (non-hydrogen) atoms. The molecule has 0 spiro atoms. The van der Waals surface area contributed by atoms with Gasteiger partial charge in [-0.25, -0.2) is 0 Å². The molecule has 0 atom stereocenters. The van der Waals surface area contributed by atoms with E-state index >= 15 is 0 Å². The van der Waals surface area contributed by atoms with Crippen molar-refractivity contribution in [3.8, 4) is 22.3 Å². The van der Waals surface area contributed by atoms with Gasteiger partial charge in [-0.05, 0) is 64.8 Å². The SMILES string of the molecule is Cc1ccc(-c2ccccc2)cc1Cc1cc(-c2ccccc2)ccc1C. The highest BCUT2D eigenvalue weighted by Gasteiger charge is 2.08. The predicted octanol–water partition coefficient (Wildman–Crippen LogP) is 7.23. The monoisotopic (exact) mass is 348 g/mol. The molecule has 0 bridgehead atoms. The second kappa shape index (κ2) is 7.63. The number of aryl methyl sites for hydroxylation is 2. The Labute approximate surface area is 162 Å². The average molecular weight is 348 g/mol. The lowest BCUT2D eigenvalue weighted by atomic mass is 9.92. The Kier molecular flexibility index (Phi) is 4.89. The van der Waals surface area contributed by atoms with Crippen molar-refractivity contribution >= 4 is 0 Å². The topological polar surface area (TPSA) is 0 Å². The summed E-state index contributed by atoms with van der Waals surface area (Å²) < 4.78 is 0. The highest BCUT2D eigenvalue weighted by molar-refractivity contribution is 5.67. The molecule has 0 aliphatic carbocycles. The molecule has 0 aliphatic rings. The number of hydrogen-bond donors (Lipinski definition) is 0. The van der Waals surface area contributed by atoms with E-state index in [-0.39, 0.29) is 0 Å². The van der Waals surface area contributed by atoms with E-state index in [4.69, 9.17) is 0 Å². The summed E-state index contributed by atoms with van der Waals surface area (Å²) in [5.74, 6) is 0. The highest BCUT2D eigenvalue weighted by Crippen LogP contribution is 2.27. The molecule has 132 valence electrons. The molecular weight excluding hydrogens is 324 g/mol. The van der Waals surface area contributed by atoms with Crippen LogP contribution in [-0.4, -0.2) is 0 Å². The zero-order chi connectivity index (χ0) is 18.6. The molecule has 0 heterocycles. The summed E-state index contributed by atoms with van der Waals surface area (Å²) >= 11 is 0. The standard InChI is InChI=1S/C27H24/c1-20-13-15-24(22-9-5-3-6-10-22)17-26(20)19-27-18-25(16-14-21(27)2)23-11-7-4-8-12-23/h3-18H,19H2,1-2H3. The second-order valence-corrected chi connectivity index (χ2v) is 7.19. The van der Waals surface area contributed by atoms with Crippen LogP contribution in [-0.2, 0) is 6.42 Å². The smallest absolute Gasteiger partial charge is 0.00201 e. The first kappa shape index (κ1) is 17.3. The van der Waals surface area contributed by atoms with Crippen LogP contribution in [0.1, 0.15) is 22.3 Å². The Bertz CT molecular complexity index is 957. The van der Waals surface area contributed by atoms with Crippen LogP contribution in [0.2, 0.25) is 0 Å². The van der Waals surface area contributed by atoms with Gasteiger partial charge in [0.25, 0.3) is 0 Å². The Morgan fingerprint density at radius 3 is 1.26 bits per heavy atom. The van der Waals surface area contributed by atoms with Gasteiger partial charge < -0.3 is 0 Å². The molecule has 4 aromatic rings. The first-order valence-electron chi connectivity index (χ1n) is 9.50. The Hall–Kier alpha value is -3.12. The normalized spacial score (nSPS) is 10.7. The Morgan fingerprint density at radius 2 is 0.852 bits per heavy atom. The third-order valence-corrected chi connectivity index (χ3v) is 5.29. The summed E-state index contributed by atoms with van der Waals surface area (Å²) in [6.45, 7) is 4.42. The summed E-state index contributed by atoms with van der Waals surface area (Å²) in [5, 5.41) is 0. The molecule has 4 aromatic carbocycles. The van der Waals surface area contributed by atoms with Crippen molar-refractivity contribution in [2.45, 2.75) is 20.3 Å². The van der Waals surface area contributed by atoms with E-state index in [9.17, 15) is 0 Å². The van der Waals surface area contributed by atoms with Gasteiger partial charge in [0.15, 0.2) is 0 Å². The van der Waals surface area contributed by atoms with Crippen LogP contribution < -0.4 is 0 Å². The molecular formula is C27H24. The summed E-state index contributed by atoms with van der Waals surface area (Å²) in [7, 11) is 0. The lowest BCUT2D eigenvalue weighted by molar-refractivity contribution is 1.13. The van der Waals surface area contributed by atoms with Crippen molar-refractivity contribution in [1.29, 1.82) is 0 Å². The van der Waals surface area contributed by atoms with E-state index in [0.29, 0.717) is 0 Å². The molecule has 0 radical (unpaired) electrons. The number of rotatable bonds is 4. The zero-order valence-corrected chi connectivity index (χ0v) is 15.9. The molecule has 0 unspecified atom stereocenters. The molecule has 0 saturated carbocycles. The van der Waals surface area contributed by atoms with Crippen molar-refractivity contribution in [1.82, 2.24) is 0 Å². The maximum absolute atomic E-state index is 2.35. The van der Waals surface area contributed by atoms with Gasteiger partial charge in [0.1, 0.15) is 0 Å². The van der Waals surface area contributed by atoms with Gasteiger partial charge >= 0.3 is 0 Å². The van der Waals surface area contributed by atoms with Crippen LogP contribution in [0.15, 0.2) is 97.1 Å². The first-order valence-corrected chi connectivity index (χ1v) is 9.50.